The first-order chi connectivity index (χ1) is 23.5. The molecule has 0 amide bonds. The minimum Gasteiger partial charge on any atom is -0.409 e. The summed E-state index contributed by atoms with van der Waals surface area (Å²) < 4.78 is 70.0. The second-order valence-corrected chi connectivity index (χ2v) is 13.4. The third-order valence-corrected chi connectivity index (χ3v) is 10.7. The van der Waals surface area contributed by atoms with E-state index in [1.165, 1.54) is 18.3 Å². The van der Waals surface area contributed by atoms with E-state index in [0.29, 0.717) is 50.0 Å². The fourth-order valence-electron chi connectivity index (χ4n) is 8.11. The van der Waals surface area contributed by atoms with Crippen LogP contribution >= 0.6 is 0 Å². The van der Waals surface area contributed by atoms with Crippen LogP contribution in [0.15, 0.2) is 53.4 Å². The molecule has 0 bridgehead atoms. The molecule has 1 aromatic heterocycles. The number of pyridine rings is 1. The van der Waals surface area contributed by atoms with Gasteiger partial charge in [-0.05, 0) is 54.5 Å². The van der Waals surface area contributed by atoms with Crippen LogP contribution in [0.3, 0.4) is 0 Å². The van der Waals surface area contributed by atoms with Crippen LogP contribution in [0, 0.1) is 28.4 Å². The molecule has 2 aliphatic carbocycles. The molecule has 10 nitrogen and oxygen atoms in total. The maximum Gasteiger partial charge on any atom is 0.492 e. The molecule has 5 fully saturated rings. The molecule has 2 saturated carbocycles. The Morgan fingerprint density at radius 3 is 2.69 bits per heavy atom. The normalized spacial score (nSPS) is 26.4. The minimum atomic E-state index is -4.21. The number of ether oxygens (including phenoxy) is 2. The molecule has 8 rings (SSSR count). The summed E-state index contributed by atoms with van der Waals surface area (Å²) in [5, 5.41) is 35.0. The van der Waals surface area contributed by atoms with Crippen molar-refractivity contribution in [3.8, 4) is 17.0 Å². The molecule has 3 saturated heterocycles. The van der Waals surface area contributed by atoms with E-state index in [9.17, 15) is 24.4 Å². The van der Waals surface area contributed by atoms with E-state index in [0.717, 1.165) is 45.4 Å². The number of aromatic nitrogens is 1. The summed E-state index contributed by atoms with van der Waals surface area (Å²) in [4.78, 5) is 13.3. The first-order valence-corrected chi connectivity index (χ1v) is 16.2. The van der Waals surface area contributed by atoms with Crippen LogP contribution in [0.2, 0.25) is 0 Å². The molecule has 49 heavy (non-hydrogen) atoms. The Morgan fingerprint density at radius 1 is 1.16 bits per heavy atom. The fraction of sp³-hybridized carbons (Fsp3) is 0.457. The van der Waals surface area contributed by atoms with Gasteiger partial charge in [0.2, 0.25) is 0 Å². The van der Waals surface area contributed by atoms with Crippen molar-refractivity contribution in [2.24, 2.45) is 16.3 Å². The predicted molar refractivity (Wildman–Crippen MR) is 173 cm³/mol. The number of amidine groups is 1. The maximum absolute atomic E-state index is 17.1. The summed E-state index contributed by atoms with van der Waals surface area (Å²) in [6.07, 6.45) is 3.63. The zero-order valence-electron chi connectivity index (χ0n) is 26.8. The first kappa shape index (κ1) is 33.5. The van der Waals surface area contributed by atoms with Crippen molar-refractivity contribution >= 4 is 28.5 Å². The summed E-state index contributed by atoms with van der Waals surface area (Å²) in [6.45, 7) is 2.68. The van der Waals surface area contributed by atoms with E-state index in [1.54, 1.807) is 18.3 Å². The van der Waals surface area contributed by atoms with E-state index in [1.807, 2.05) is 4.90 Å². The molecule has 4 heterocycles. The third kappa shape index (κ3) is 5.69. The van der Waals surface area contributed by atoms with E-state index in [4.69, 9.17) is 14.8 Å². The number of fused-ring (bicyclic) bond motifs is 4. The molecule has 4 N–H and O–H groups in total. The number of alkyl halides is 1. The van der Waals surface area contributed by atoms with Crippen LogP contribution < -0.4 is 4.74 Å². The van der Waals surface area contributed by atoms with Gasteiger partial charge in [0, 0.05) is 62.1 Å². The third-order valence-electron chi connectivity index (χ3n) is 10.7. The molecular weight excluding hydrogens is 646 g/mol. The number of nitrogens with zero attached hydrogens (tertiary/aromatic N) is 4. The van der Waals surface area contributed by atoms with Crippen LogP contribution in [-0.2, 0) is 4.74 Å². The average Bonchev–Trinajstić information content (AvgIpc) is 3.99. The van der Waals surface area contributed by atoms with Crippen molar-refractivity contribution in [2.75, 3.05) is 40.0 Å². The van der Waals surface area contributed by atoms with Gasteiger partial charge in [-0.2, -0.15) is 0 Å². The molecule has 14 heteroatoms. The van der Waals surface area contributed by atoms with Crippen molar-refractivity contribution in [1.82, 2.24) is 14.8 Å². The van der Waals surface area contributed by atoms with Gasteiger partial charge in [-0.25, -0.2) is 13.2 Å². The highest BCUT2D eigenvalue weighted by Crippen LogP contribution is 2.66. The number of aliphatic hydroxyl groups is 3. The summed E-state index contributed by atoms with van der Waals surface area (Å²) in [5.41, 5.74) is -0.337. The van der Waals surface area contributed by atoms with E-state index in [2.05, 4.69) is 14.6 Å². The van der Waals surface area contributed by atoms with Crippen LogP contribution in [0.25, 0.3) is 22.0 Å². The van der Waals surface area contributed by atoms with Crippen molar-refractivity contribution in [1.29, 1.82) is 5.41 Å². The number of benzene rings is 2. The van der Waals surface area contributed by atoms with Gasteiger partial charge in [0.1, 0.15) is 17.2 Å². The minimum absolute atomic E-state index is 0.0125. The van der Waals surface area contributed by atoms with Gasteiger partial charge >= 0.3 is 6.23 Å². The van der Waals surface area contributed by atoms with Crippen LogP contribution in [-0.4, -0.2) is 99.9 Å². The Labute approximate surface area is 279 Å². The Bertz CT molecular complexity index is 1860. The highest BCUT2D eigenvalue weighted by Gasteiger charge is 2.66. The molecule has 0 radical (unpaired) electrons. The van der Waals surface area contributed by atoms with Crippen LogP contribution in [0.1, 0.15) is 37.7 Å². The van der Waals surface area contributed by atoms with Gasteiger partial charge in [0.25, 0.3) is 0 Å². The lowest BCUT2D eigenvalue weighted by Gasteiger charge is -2.33. The predicted octanol–water partition coefficient (Wildman–Crippen LogP) is 4.96. The van der Waals surface area contributed by atoms with E-state index >= 15 is 8.78 Å². The van der Waals surface area contributed by atoms with Crippen molar-refractivity contribution < 1.29 is 42.4 Å². The molecule has 5 aliphatic rings. The molecule has 3 unspecified atom stereocenters. The molecule has 3 atom stereocenters. The average molecular weight is 684 g/mol. The SMILES string of the molecule is CO.N=C(c1cnc(-c2cccc3ccc(F)c(OC(O)(O)F)c23)c(F)c1N=CC12C/C(=C\F)CN1CCC21CC1)N1CCOCC2CC21. The van der Waals surface area contributed by atoms with Crippen molar-refractivity contribution in [3.63, 3.8) is 0 Å². The highest BCUT2D eigenvalue weighted by molar-refractivity contribution is 6.04. The second-order valence-electron chi connectivity index (χ2n) is 13.4. The Balaban J connectivity index is 0.00000186. The Kier molecular flexibility index (Phi) is 8.51. The summed E-state index contributed by atoms with van der Waals surface area (Å²) in [7, 11) is 1.00. The highest BCUT2D eigenvalue weighted by atomic mass is 19.2. The summed E-state index contributed by atoms with van der Waals surface area (Å²) in [5.74, 6) is -2.54. The van der Waals surface area contributed by atoms with Crippen molar-refractivity contribution in [3.05, 3.63) is 65.6 Å². The molecule has 2 aromatic carbocycles. The number of hydrogen-bond acceptors (Lipinski definition) is 9. The molecule has 1 spiro atoms. The first-order valence-electron chi connectivity index (χ1n) is 16.2. The number of nitrogens with one attached hydrogen (secondary N) is 1. The fourth-order valence-corrected chi connectivity index (χ4v) is 8.11. The number of aliphatic hydroxyl groups excluding tert-OH is 1. The molecular formula is C35H37F4N5O5. The molecule has 260 valence electrons. The van der Waals surface area contributed by atoms with Gasteiger partial charge < -0.3 is 29.7 Å². The number of halogens is 4. The smallest absolute Gasteiger partial charge is 0.409 e. The topological polar surface area (TPSA) is 135 Å². The van der Waals surface area contributed by atoms with Gasteiger partial charge in [-0.15, -0.1) is 4.39 Å². The quantitative estimate of drug-likeness (QED) is 0.124. The van der Waals surface area contributed by atoms with Gasteiger partial charge in [-0.3, -0.25) is 20.3 Å². The standard InChI is InChI=1S/C34H33F4N5O4.CH4O/c35-14-19-13-33(32(6-7-32)8-9-42(33)16-19)18-41-29-23(31(39)43-10-11-46-17-21-12-25(21)43)15-40-28(27(29)37)22-3-1-2-20-4-5-24(36)30(26(20)22)47-34(38,44)45;1-2/h1-5,14-15,18,21,25,39,44-45H,6-13,16-17H2;2H,1H3/b19-14+,39-31?,41-18?;. The van der Waals surface area contributed by atoms with Crippen molar-refractivity contribution in [2.45, 2.75) is 49.9 Å². The zero-order valence-corrected chi connectivity index (χ0v) is 26.8. The second kappa shape index (κ2) is 12.4. The monoisotopic (exact) mass is 683 g/mol. The van der Waals surface area contributed by atoms with Gasteiger partial charge in [0.15, 0.2) is 17.4 Å². The maximum atomic E-state index is 17.1. The van der Waals surface area contributed by atoms with E-state index < -0.39 is 29.1 Å². The zero-order chi connectivity index (χ0) is 34.7. The summed E-state index contributed by atoms with van der Waals surface area (Å²) >= 11 is 0. The summed E-state index contributed by atoms with van der Waals surface area (Å²) in [6, 6.07) is 6.96. The largest absolute Gasteiger partial charge is 0.492 e. The Morgan fingerprint density at radius 2 is 1.96 bits per heavy atom. The van der Waals surface area contributed by atoms with Crippen LogP contribution in [0.5, 0.6) is 5.75 Å². The molecule has 3 aliphatic heterocycles. The number of hydrogen-bond donors (Lipinski definition) is 4. The van der Waals surface area contributed by atoms with Gasteiger partial charge in [-0.1, -0.05) is 24.3 Å². The Hall–Kier alpha value is -3.95. The van der Waals surface area contributed by atoms with Gasteiger partial charge in [0.05, 0.1) is 30.6 Å². The number of rotatable bonds is 6. The molecule has 3 aromatic rings. The number of aliphatic imine (C=N–C) groups is 1. The van der Waals surface area contributed by atoms with Crippen LogP contribution in [0.4, 0.5) is 23.2 Å². The van der Waals surface area contributed by atoms with E-state index in [-0.39, 0.29) is 51.1 Å². The lowest BCUT2D eigenvalue weighted by atomic mass is 9.80. The lowest BCUT2D eigenvalue weighted by Crippen LogP contribution is -2.45. The lowest BCUT2D eigenvalue weighted by molar-refractivity contribution is -0.375.